The first kappa shape index (κ1) is 14.0. The van der Waals surface area contributed by atoms with E-state index >= 15 is 0 Å². The fourth-order valence-electron chi connectivity index (χ4n) is 3.14. The molecule has 3 heteroatoms. The van der Waals surface area contributed by atoms with Crippen LogP contribution in [0.3, 0.4) is 0 Å². The molecular weight excluding hydrogens is 293 g/mol. The van der Waals surface area contributed by atoms with Crippen LogP contribution < -0.4 is 5.73 Å². The maximum absolute atomic E-state index is 13.4. The Bertz CT molecular complexity index is 414. The standard InChI is InChI=1S/C15H21BrFN/c1-10-4-3-5-15(18,11(10)2)9-12-6-13(16)8-14(17)7-12/h6-8,10-11H,3-5,9,18H2,1-2H3. The summed E-state index contributed by atoms with van der Waals surface area (Å²) in [5, 5.41) is 0. The van der Waals surface area contributed by atoms with E-state index in [2.05, 4.69) is 29.8 Å². The summed E-state index contributed by atoms with van der Waals surface area (Å²) in [6.07, 6.45) is 4.23. The molecule has 1 nitrogen and oxygen atoms in total. The van der Waals surface area contributed by atoms with E-state index in [4.69, 9.17) is 5.73 Å². The van der Waals surface area contributed by atoms with Crippen molar-refractivity contribution < 1.29 is 4.39 Å². The number of benzene rings is 1. The van der Waals surface area contributed by atoms with Gasteiger partial charge >= 0.3 is 0 Å². The fourth-order valence-corrected chi connectivity index (χ4v) is 3.65. The molecule has 18 heavy (non-hydrogen) atoms. The Kier molecular flexibility index (Phi) is 4.12. The molecule has 2 N–H and O–H groups in total. The monoisotopic (exact) mass is 313 g/mol. The maximum atomic E-state index is 13.4. The second-order valence-corrected chi connectivity index (χ2v) is 6.76. The molecule has 100 valence electrons. The van der Waals surface area contributed by atoms with Crippen molar-refractivity contribution in [3.05, 3.63) is 34.1 Å². The van der Waals surface area contributed by atoms with Gasteiger partial charge < -0.3 is 5.73 Å². The van der Waals surface area contributed by atoms with Crippen molar-refractivity contribution in [2.75, 3.05) is 0 Å². The SMILES string of the molecule is CC1CCCC(N)(Cc2cc(F)cc(Br)c2)C1C. The summed E-state index contributed by atoms with van der Waals surface area (Å²) in [5.41, 5.74) is 7.39. The zero-order valence-corrected chi connectivity index (χ0v) is 12.6. The van der Waals surface area contributed by atoms with Gasteiger partial charge in [0.25, 0.3) is 0 Å². The molecule has 0 saturated heterocycles. The summed E-state index contributed by atoms with van der Waals surface area (Å²) in [7, 11) is 0. The summed E-state index contributed by atoms with van der Waals surface area (Å²) in [4.78, 5) is 0. The zero-order valence-electron chi connectivity index (χ0n) is 11.0. The molecule has 3 unspecified atom stereocenters. The molecular formula is C15H21BrFN. The van der Waals surface area contributed by atoms with Crippen molar-refractivity contribution in [3.8, 4) is 0 Å². The zero-order chi connectivity index (χ0) is 13.3. The number of halogens is 2. The van der Waals surface area contributed by atoms with E-state index in [-0.39, 0.29) is 11.4 Å². The van der Waals surface area contributed by atoms with E-state index in [1.807, 2.05) is 6.07 Å². The van der Waals surface area contributed by atoms with Crippen molar-refractivity contribution in [3.63, 3.8) is 0 Å². The normalized spacial score (nSPS) is 32.5. The highest BCUT2D eigenvalue weighted by Gasteiger charge is 2.38. The summed E-state index contributed by atoms with van der Waals surface area (Å²) in [6.45, 7) is 4.51. The first-order valence-electron chi connectivity index (χ1n) is 6.64. The van der Waals surface area contributed by atoms with Crippen LogP contribution in [0, 0.1) is 17.7 Å². The lowest BCUT2D eigenvalue weighted by Gasteiger charge is -2.43. The highest BCUT2D eigenvalue weighted by molar-refractivity contribution is 9.10. The molecule has 2 rings (SSSR count). The van der Waals surface area contributed by atoms with Gasteiger partial charge in [0.2, 0.25) is 0 Å². The average molecular weight is 314 g/mol. The van der Waals surface area contributed by atoms with Gasteiger partial charge in [-0.1, -0.05) is 42.6 Å². The first-order valence-corrected chi connectivity index (χ1v) is 7.44. The Morgan fingerprint density at radius 3 is 2.78 bits per heavy atom. The number of hydrogen-bond acceptors (Lipinski definition) is 1. The fraction of sp³-hybridized carbons (Fsp3) is 0.600. The van der Waals surface area contributed by atoms with Crippen LogP contribution in [0.5, 0.6) is 0 Å². The van der Waals surface area contributed by atoms with Gasteiger partial charge in [0, 0.05) is 10.0 Å². The number of rotatable bonds is 2. The summed E-state index contributed by atoms with van der Waals surface area (Å²) < 4.78 is 14.2. The van der Waals surface area contributed by atoms with Crippen LogP contribution in [0.25, 0.3) is 0 Å². The lowest BCUT2D eigenvalue weighted by atomic mass is 9.66. The van der Waals surface area contributed by atoms with Crippen LogP contribution in [-0.4, -0.2) is 5.54 Å². The Hall–Kier alpha value is -0.410. The molecule has 1 aromatic rings. The van der Waals surface area contributed by atoms with Crippen molar-refractivity contribution in [1.82, 2.24) is 0 Å². The van der Waals surface area contributed by atoms with Gasteiger partial charge in [0.1, 0.15) is 5.82 Å². The van der Waals surface area contributed by atoms with Crippen LogP contribution in [0.1, 0.15) is 38.7 Å². The predicted octanol–water partition coefficient (Wildman–Crippen LogP) is 4.28. The van der Waals surface area contributed by atoms with E-state index in [0.29, 0.717) is 11.8 Å². The van der Waals surface area contributed by atoms with E-state index in [9.17, 15) is 4.39 Å². The molecule has 1 saturated carbocycles. The number of nitrogens with two attached hydrogens (primary N) is 1. The molecule has 1 fully saturated rings. The quantitative estimate of drug-likeness (QED) is 0.866. The van der Waals surface area contributed by atoms with Crippen LogP contribution in [-0.2, 0) is 6.42 Å². The van der Waals surface area contributed by atoms with Crippen molar-refractivity contribution in [2.24, 2.45) is 17.6 Å². The van der Waals surface area contributed by atoms with E-state index in [0.717, 1.165) is 22.9 Å². The van der Waals surface area contributed by atoms with E-state index in [1.54, 1.807) is 6.07 Å². The Morgan fingerprint density at radius 1 is 1.39 bits per heavy atom. The maximum Gasteiger partial charge on any atom is 0.124 e. The topological polar surface area (TPSA) is 26.0 Å². The van der Waals surface area contributed by atoms with Crippen LogP contribution >= 0.6 is 15.9 Å². The van der Waals surface area contributed by atoms with Gasteiger partial charge in [0.15, 0.2) is 0 Å². The van der Waals surface area contributed by atoms with E-state index in [1.165, 1.54) is 18.9 Å². The molecule has 0 amide bonds. The molecule has 1 aliphatic carbocycles. The average Bonchev–Trinajstić information content (AvgIpc) is 2.24. The van der Waals surface area contributed by atoms with Crippen molar-refractivity contribution >= 4 is 15.9 Å². The molecule has 0 aromatic heterocycles. The van der Waals surface area contributed by atoms with Gasteiger partial charge in [-0.05, 0) is 48.4 Å². The first-order chi connectivity index (χ1) is 8.40. The Morgan fingerprint density at radius 2 is 2.11 bits per heavy atom. The summed E-state index contributed by atoms with van der Waals surface area (Å²) in [5.74, 6) is 0.938. The Balaban J connectivity index is 2.21. The minimum Gasteiger partial charge on any atom is -0.325 e. The van der Waals surface area contributed by atoms with Crippen molar-refractivity contribution in [1.29, 1.82) is 0 Å². The minimum absolute atomic E-state index is 0.190. The van der Waals surface area contributed by atoms with Crippen LogP contribution in [0.4, 0.5) is 4.39 Å². The highest BCUT2D eigenvalue weighted by Crippen LogP contribution is 2.38. The molecule has 0 heterocycles. The second kappa shape index (κ2) is 5.30. The summed E-state index contributed by atoms with van der Waals surface area (Å²) >= 11 is 3.34. The third-order valence-electron chi connectivity index (χ3n) is 4.52. The molecule has 1 aliphatic rings. The van der Waals surface area contributed by atoms with Gasteiger partial charge in [0.05, 0.1) is 0 Å². The third-order valence-corrected chi connectivity index (χ3v) is 4.98. The Labute approximate surface area is 117 Å². The van der Waals surface area contributed by atoms with Crippen LogP contribution in [0.2, 0.25) is 0 Å². The van der Waals surface area contributed by atoms with E-state index < -0.39 is 0 Å². The molecule has 0 spiro atoms. The molecule has 0 bridgehead atoms. The largest absolute Gasteiger partial charge is 0.325 e. The molecule has 3 atom stereocenters. The second-order valence-electron chi connectivity index (χ2n) is 5.85. The predicted molar refractivity (Wildman–Crippen MR) is 76.9 cm³/mol. The smallest absolute Gasteiger partial charge is 0.124 e. The number of hydrogen-bond donors (Lipinski definition) is 1. The van der Waals surface area contributed by atoms with Gasteiger partial charge in [-0.15, -0.1) is 0 Å². The highest BCUT2D eigenvalue weighted by atomic mass is 79.9. The van der Waals surface area contributed by atoms with Crippen LogP contribution in [0.15, 0.2) is 22.7 Å². The molecule has 0 aliphatic heterocycles. The summed E-state index contributed by atoms with van der Waals surface area (Å²) in [6, 6.07) is 5.06. The molecule has 0 radical (unpaired) electrons. The minimum atomic E-state index is -0.195. The van der Waals surface area contributed by atoms with Gasteiger partial charge in [-0.2, -0.15) is 0 Å². The van der Waals surface area contributed by atoms with Crippen molar-refractivity contribution in [2.45, 2.75) is 45.1 Å². The lowest BCUT2D eigenvalue weighted by molar-refractivity contribution is 0.143. The molecule has 1 aromatic carbocycles. The van der Waals surface area contributed by atoms with Gasteiger partial charge in [-0.3, -0.25) is 0 Å². The van der Waals surface area contributed by atoms with Gasteiger partial charge in [-0.25, -0.2) is 4.39 Å². The third kappa shape index (κ3) is 2.94. The lowest BCUT2D eigenvalue weighted by Crippen LogP contribution is -2.52.